The van der Waals surface area contributed by atoms with Crippen LogP contribution in [0.2, 0.25) is 0 Å². The van der Waals surface area contributed by atoms with Gasteiger partial charge in [0.1, 0.15) is 5.82 Å². The smallest absolute Gasteiger partial charge is 0.252 e. The average Bonchev–Trinajstić information content (AvgIpc) is 2.14. The molecule has 0 spiro atoms. The second-order valence-electron chi connectivity index (χ2n) is 2.57. The molecule has 14 heavy (non-hydrogen) atoms. The number of hydrogen-bond donors (Lipinski definition) is 1. The summed E-state index contributed by atoms with van der Waals surface area (Å²) < 4.78 is 13.2. The van der Waals surface area contributed by atoms with Crippen molar-refractivity contribution in [2.24, 2.45) is 0 Å². The molecule has 0 atom stereocenters. The SMILES string of the molecule is O=C(NCCBr)c1ccc(F)cc1Br. The van der Waals surface area contributed by atoms with Crippen LogP contribution in [-0.4, -0.2) is 17.8 Å². The van der Waals surface area contributed by atoms with Crippen LogP contribution in [-0.2, 0) is 0 Å². The lowest BCUT2D eigenvalue weighted by molar-refractivity contribution is 0.0955. The predicted molar refractivity (Wildman–Crippen MR) is 60.2 cm³/mol. The number of carbonyl (C=O) groups excluding carboxylic acids is 1. The monoisotopic (exact) mass is 323 g/mol. The van der Waals surface area contributed by atoms with Gasteiger partial charge < -0.3 is 5.32 Å². The van der Waals surface area contributed by atoms with Gasteiger partial charge in [0.15, 0.2) is 0 Å². The maximum absolute atomic E-state index is 12.7. The third-order valence-electron chi connectivity index (χ3n) is 1.56. The second-order valence-corrected chi connectivity index (χ2v) is 4.22. The zero-order valence-electron chi connectivity index (χ0n) is 7.19. The molecular formula is C9H8Br2FNO. The van der Waals surface area contributed by atoms with Gasteiger partial charge in [-0.3, -0.25) is 4.79 Å². The van der Waals surface area contributed by atoms with Crippen molar-refractivity contribution >= 4 is 37.8 Å². The van der Waals surface area contributed by atoms with Gasteiger partial charge in [0, 0.05) is 16.3 Å². The van der Waals surface area contributed by atoms with Gasteiger partial charge >= 0.3 is 0 Å². The van der Waals surface area contributed by atoms with Gasteiger partial charge in [-0.1, -0.05) is 15.9 Å². The minimum atomic E-state index is -0.367. The van der Waals surface area contributed by atoms with E-state index in [0.29, 0.717) is 21.9 Å². The third-order valence-corrected chi connectivity index (χ3v) is 2.61. The van der Waals surface area contributed by atoms with Crippen molar-refractivity contribution in [1.82, 2.24) is 5.32 Å². The van der Waals surface area contributed by atoms with Crippen LogP contribution in [0.15, 0.2) is 22.7 Å². The zero-order valence-corrected chi connectivity index (χ0v) is 10.4. The molecule has 0 unspecified atom stereocenters. The van der Waals surface area contributed by atoms with Crippen LogP contribution in [0.5, 0.6) is 0 Å². The molecule has 1 aromatic rings. The molecule has 1 aromatic carbocycles. The zero-order chi connectivity index (χ0) is 10.6. The van der Waals surface area contributed by atoms with Crippen LogP contribution >= 0.6 is 31.9 Å². The van der Waals surface area contributed by atoms with Crippen LogP contribution in [0.25, 0.3) is 0 Å². The Morgan fingerprint density at radius 2 is 2.21 bits per heavy atom. The van der Waals surface area contributed by atoms with E-state index in [1.807, 2.05) is 0 Å². The van der Waals surface area contributed by atoms with Gasteiger partial charge in [0.2, 0.25) is 0 Å². The Bertz CT molecular complexity index is 344. The summed E-state index contributed by atoms with van der Waals surface area (Å²) >= 11 is 6.32. The second kappa shape index (κ2) is 5.46. The average molecular weight is 325 g/mol. The highest BCUT2D eigenvalue weighted by molar-refractivity contribution is 9.10. The summed E-state index contributed by atoms with van der Waals surface area (Å²) in [7, 11) is 0. The standard InChI is InChI=1S/C9H8Br2FNO/c10-3-4-13-9(14)7-2-1-6(12)5-8(7)11/h1-2,5H,3-4H2,(H,13,14). The Morgan fingerprint density at radius 1 is 1.50 bits per heavy atom. The van der Waals surface area contributed by atoms with Crippen molar-refractivity contribution in [2.45, 2.75) is 0 Å². The Morgan fingerprint density at radius 3 is 2.79 bits per heavy atom. The lowest BCUT2D eigenvalue weighted by atomic mass is 10.2. The molecule has 0 fully saturated rings. The molecule has 0 bridgehead atoms. The number of amides is 1. The number of benzene rings is 1. The highest BCUT2D eigenvalue weighted by Crippen LogP contribution is 2.17. The molecule has 5 heteroatoms. The van der Waals surface area contributed by atoms with E-state index in [0.717, 1.165) is 0 Å². The largest absolute Gasteiger partial charge is 0.351 e. The van der Waals surface area contributed by atoms with Crippen LogP contribution < -0.4 is 5.32 Å². The molecule has 0 saturated carbocycles. The van der Waals surface area contributed by atoms with E-state index in [1.54, 1.807) is 0 Å². The topological polar surface area (TPSA) is 29.1 Å². The summed E-state index contributed by atoms with van der Waals surface area (Å²) in [5.74, 6) is -0.578. The molecule has 0 heterocycles. The van der Waals surface area contributed by atoms with E-state index < -0.39 is 0 Å². The van der Waals surface area contributed by atoms with Crippen molar-refractivity contribution in [2.75, 3.05) is 11.9 Å². The summed E-state index contributed by atoms with van der Waals surface area (Å²) in [6.45, 7) is 0.544. The summed E-state index contributed by atoms with van der Waals surface area (Å²) in [5.41, 5.74) is 0.437. The summed E-state index contributed by atoms with van der Waals surface area (Å²) in [4.78, 5) is 11.5. The minimum absolute atomic E-state index is 0.212. The molecule has 0 saturated heterocycles. The lowest BCUT2D eigenvalue weighted by Crippen LogP contribution is -2.25. The van der Waals surface area contributed by atoms with Crippen LogP contribution in [0.4, 0.5) is 4.39 Å². The first-order chi connectivity index (χ1) is 6.65. The number of carbonyl (C=O) groups is 1. The summed E-state index contributed by atoms with van der Waals surface area (Å²) in [6, 6.07) is 3.97. The van der Waals surface area contributed by atoms with Gasteiger partial charge in [-0.2, -0.15) is 0 Å². The summed E-state index contributed by atoms with van der Waals surface area (Å²) in [6.07, 6.45) is 0. The first-order valence-corrected chi connectivity index (χ1v) is 5.86. The third kappa shape index (κ3) is 3.06. The van der Waals surface area contributed by atoms with Crippen LogP contribution in [0.1, 0.15) is 10.4 Å². The van der Waals surface area contributed by atoms with E-state index in [-0.39, 0.29) is 11.7 Å². The fourth-order valence-corrected chi connectivity index (χ4v) is 1.66. The number of hydrogen-bond acceptors (Lipinski definition) is 1. The number of halogens is 3. The van der Waals surface area contributed by atoms with Crippen molar-refractivity contribution in [3.8, 4) is 0 Å². The molecule has 1 N–H and O–H groups in total. The van der Waals surface area contributed by atoms with E-state index in [9.17, 15) is 9.18 Å². The molecular weight excluding hydrogens is 317 g/mol. The predicted octanol–water partition coefficient (Wildman–Crippen LogP) is 2.71. The van der Waals surface area contributed by atoms with Gasteiger partial charge in [0.05, 0.1) is 5.56 Å². The Hall–Kier alpha value is -0.420. The highest BCUT2D eigenvalue weighted by Gasteiger charge is 2.09. The van der Waals surface area contributed by atoms with Crippen molar-refractivity contribution < 1.29 is 9.18 Å². The molecule has 1 amide bonds. The first-order valence-electron chi connectivity index (χ1n) is 3.94. The molecule has 2 nitrogen and oxygen atoms in total. The molecule has 0 radical (unpaired) electrons. The van der Waals surface area contributed by atoms with Crippen molar-refractivity contribution in [1.29, 1.82) is 0 Å². The Labute approximate surface area is 98.1 Å². The molecule has 1 rings (SSSR count). The van der Waals surface area contributed by atoms with Gasteiger partial charge in [0.25, 0.3) is 5.91 Å². The van der Waals surface area contributed by atoms with Crippen LogP contribution in [0.3, 0.4) is 0 Å². The Kier molecular flexibility index (Phi) is 4.54. The van der Waals surface area contributed by atoms with Crippen molar-refractivity contribution in [3.05, 3.63) is 34.1 Å². The number of alkyl halides is 1. The number of nitrogens with one attached hydrogen (secondary N) is 1. The van der Waals surface area contributed by atoms with Gasteiger partial charge in [-0.15, -0.1) is 0 Å². The fraction of sp³-hybridized carbons (Fsp3) is 0.222. The lowest BCUT2D eigenvalue weighted by Gasteiger charge is -2.04. The van der Waals surface area contributed by atoms with Crippen molar-refractivity contribution in [3.63, 3.8) is 0 Å². The molecule has 0 aliphatic rings. The fourth-order valence-electron chi connectivity index (χ4n) is 0.930. The Balaban J connectivity index is 2.80. The maximum atomic E-state index is 12.7. The minimum Gasteiger partial charge on any atom is -0.351 e. The maximum Gasteiger partial charge on any atom is 0.252 e. The van der Waals surface area contributed by atoms with E-state index >= 15 is 0 Å². The van der Waals surface area contributed by atoms with Crippen LogP contribution in [0, 0.1) is 5.82 Å². The van der Waals surface area contributed by atoms with E-state index in [1.165, 1.54) is 18.2 Å². The molecule has 0 aromatic heterocycles. The van der Waals surface area contributed by atoms with Gasteiger partial charge in [-0.25, -0.2) is 4.39 Å². The normalized spacial score (nSPS) is 9.93. The van der Waals surface area contributed by atoms with E-state index in [4.69, 9.17) is 0 Å². The number of rotatable bonds is 3. The highest BCUT2D eigenvalue weighted by atomic mass is 79.9. The van der Waals surface area contributed by atoms with Gasteiger partial charge in [-0.05, 0) is 34.1 Å². The molecule has 0 aliphatic heterocycles. The molecule has 76 valence electrons. The van der Waals surface area contributed by atoms with E-state index in [2.05, 4.69) is 37.2 Å². The molecule has 0 aliphatic carbocycles. The quantitative estimate of drug-likeness (QED) is 0.851. The summed E-state index contributed by atoms with van der Waals surface area (Å²) in [5, 5.41) is 3.36. The first kappa shape index (κ1) is 11.7.